The molecule has 1 aromatic carbocycles. The van der Waals surface area contributed by atoms with Crippen molar-refractivity contribution in [1.29, 1.82) is 0 Å². The molecule has 1 fully saturated rings. The van der Waals surface area contributed by atoms with Gasteiger partial charge in [-0.25, -0.2) is 0 Å². The molecule has 2 unspecified atom stereocenters. The number of aromatic nitrogens is 2. The number of nitro groups is 1. The first-order valence-corrected chi connectivity index (χ1v) is 6.97. The Balaban J connectivity index is 1.82. The van der Waals surface area contributed by atoms with Crippen LogP contribution in [0.2, 0.25) is 0 Å². The topological polar surface area (TPSA) is 94.1 Å². The molecule has 0 bridgehead atoms. The molecule has 0 radical (unpaired) electrons. The molecule has 3 rings (SSSR count). The van der Waals surface area contributed by atoms with Crippen LogP contribution in [-0.4, -0.2) is 21.6 Å². The number of hydrogen-bond acceptors (Lipinski definition) is 6. The van der Waals surface area contributed by atoms with Gasteiger partial charge in [0.05, 0.1) is 11.0 Å². The Hall–Kier alpha value is -2.28. The summed E-state index contributed by atoms with van der Waals surface area (Å²) in [5.41, 5.74) is 0.754. The molecule has 2 heterocycles. The van der Waals surface area contributed by atoms with Crippen molar-refractivity contribution in [3.63, 3.8) is 0 Å². The zero-order valence-electron chi connectivity index (χ0n) is 11.7. The van der Waals surface area contributed by atoms with Crippen molar-refractivity contribution in [2.24, 2.45) is 5.92 Å². The number of nitro benzene ring substituents is 1. The highest BCUT2D eigenvalue weighted by atomic mass is 16.6. The summed E-state index contributed by atoms with van der Waals surface area (Å²) in [6, 6.07) is 6.22. The van der Waals surface area contributed by atoms with E-state index in [9.17, 15) is 10.1 Å². The van der Waals surface area contributed by atoms with Crippen LogP contribution < -0.4 is 5.32 Å². The lowest BCUT2D eigenvalue weighted by Gasteiger charge is -2.26. The Bertz CT molecular complexity index is 638. The first-order valence-electron chi connectivity index (χ1n) is 6.97. The van der Waals surface area contributed by atoms with E-state index in [1.165, 1.54) is 12.1 Å². The number of hydrogen-bond donors (Lipinski definition) is 1. The van der Waals surface area contributed by atoms with E-state index in [0.29, 0.717) is 23.2 Å². The van der Waals surface area contributed by atoms with Gasteiger partial charge < -0.3 is 9.84 Å². The summed E-state index contributed by atoms with van der Waals surface area (Å²) >= 11 is 0. The van der Waals surface area contributed by atoms with Gasteiger partial charge in [0.25, 0.3) is 5.69 Å². The highest BCUT2D eigenvalue weighted by Gasteiger charge is 2.27. The van der Waals surface area contributed by atoms with Gasteiger partial charge in [0.2, 0.25) is 11.7 Å². The van der Waals surface area contributed by atoms with Gasteiger partial charge >= 0.3 is 0 Å². The van der Waals surface area contributed by atoms with Gasteiger partial charge in [0.1, 0.15) is 0 Å². The summed E-state index contributed by atoms with van der Waals surface area (Å²) in [4.78, 5) is 14.6. The lowest BCUT2D eigenvalue weighted by atomic mass is 9.93. The Kier molecular flexibility index (Phi) is 3.66. The highest BCUT2D eigenvalue weighted by molar-refractivity contribution is 5.56. The molecule has 0 saturated carbocycles. The predicted octanol–water partition coefficient (Wildman–Crippen LogP) is 2.71. The van der Waals surface area contributed by atoms with Gasteiger partial charge in [-0.05, 0) is 37.4 Å². The van der Waals surface area contributed by atoms with Crippen LogP contribution >= 0.6 is 0 Å². The predicted molar refractivity (Wildman–Crippen MR) is 75.5 cm³/mol. The second-order valence-electron chi connectivity index (χ2n) is 5.31. The van der Waals surface area contributed by atoms with Crippen molar-refractivity contribution < 1.29 is 9.45 Å². The van der Waals surface area contributed by atoms with Crippen molar-refractivity contribution in [3.05, 3.63) is 40.3 Å². The summed E-state index contributed by atoms with van der Waals surface area (Å²) in [6.45, 7) is 3.11. The second kappa shape index (κ2) is 5.61. The van der Waals surface area contributed by atoms with E-state index in [4.69, 9.17) is 4.52 Å². The van der Waals surface area contributed by atoms with E-state index in [-0.39, 0.29) is 11.7 Å². The molecular formula is C14H16N4O3. The number of piperidine rings is 1. The molecule has 21 heavy (non-hydrogen) atoms. The average molecular weight is 288 g/mol. The first kappa shape index (κ1) is 13.7. The molecule has 7 nitrogen and oxygen atoms in total. The van der Waals surface area contributed by atoms with E-state index in [1.807, 2.05) is 0 Å². The van der Waals surface area contributed by atoms with Crippen LogP contribution in [0, 0.1) is 16.0 Å². The van der Waals surface area contributed by atoms with E-state index in [0.717, 1.165) is 19.4 Å². The number of nitrogens with one attached hydrogen (secondary N) is 1. The van der Waals surface area contributed by atoms with Crippen LogP contribution in [0.5, 0.6) is 0 Å². The second-order valence-corrected chi connectivity index (χ2v) is 5.31. The Morgan fingerprint density at radius 3 is 2.81 bits per heavy atom. The molecule has 1 saturated heterocycles. The van der Waals surface area contributed by atoms with Crippen LogP contribution in [0.1, 0.15) is 31.7 Å². The van der Waals surface area contributed by atoms with Gasteiger partial charge in [0, 0.05) is 17.7 Å². The minimum Gasteiger partial charge on any atom is -0.337 e. The van der Waals surface area contributed by atoms with Crippen LogP contribution in [0.3, 0.4) is 0 Å². The van der Waals surface area contributed by atoms with Crippen molar-refractivity contribution in [3.8, 4) is 11.4 Å². The molecule has 2 atom stereocenters. The smallest absolute Gasteiger partial charge is 0.269 e. The molecule has 110 valence electrons. The minimum absolute atomic E-state index is 0.0463. The Morgan fingerprint density at radius 2 is 2.14 bits per heavy atom. The van der Waals surface area contributed by atoms with E-state index in [1.54, 1.807) is 12.1 Å². The van der Waals surface area contributed by atoms with E-state index in [2.05, 4.69) is 22.4 Å². The van der Waals surface area contributed by atoms with Crippen LogP contribution in [0.15, 0.2) is 28.8 Å². The average Bonchev–Trinajstić information content (AvgIpc) is 2.97. The van der Waals surface area contributed by atoms with Crippen molar-refractivity contribution >= 4 is 5.69 Å². The number of non-ortho nitro benzene ring substituents is 1. The fraction of sp³-hybridized carbons (Fsp3) is 0.429. The zero-order chi connectivity index (χ0) is 14.8. The molecule has 0 aliphatic carbocycles. The fourth-order valence-corrected chi connectivity index (χ4v) is 2.59. The normalized spacial score (nSPS) is 22.1. The number of benzene rings is 1. The molecular weight excluding hydrogens is 272 g/mol. The van der Waals surface area contributed by atoms with E-state index < -0.39 is 4.92 Å². The van der Waals surface area contributed by atoms with E-state index >= 15 is 0 Å². The summed E-state index contributed by atoms with van der Waals surface area (Å²) in [7, 11) is 0. The molecule has 0 spiro atoms. The van der Waals surface area contributed by atoms with Gasteiger partial charge in [-0.3, -0.25) is 10.1 Å². The van der Waals surface area contributed by atoms with Crippen molar-refractivity contribution in [2.75, 3.05) is 6.54 Å². The molecule has 1 N–H and O–H groups in total. The molecule has 1 aliphatic heterocycles. The lowest BCUT2D eigenvalue weighted by molar-refractivity contribution is -0.384. The quantitative estimate of drug-likeness (QED) is 0.689. The largest absolute Gasteiger partial charge is 0.337 e. The van der Waals surface area contributed by atoms with Gasteiger partial charge in [-0.1, -0.05) is 12.1 Å². The third-order valence-electron chi connectivity index (χ3n) is 3.81. The molecule has 1 aliphatic rings. The fourth-order valence-electron chi connectivity index (χ4n) is 2.59. The van der Waals surface area contributed by atoms with Crippen LogP contribution in [0.4, 0.5) is 5.69 Å². The van der Waals surface area contributed by atoms with Crippen molar-refractivity contribution in [2.45, 2.75) is 25.8 Å². The first-order chi connectivity index (χ1) is 10.1. The Labute approximate surface area is 121 Å². The molecule has 2 aromatic rings. The van der Waals surface area contributed by atoms with Gasteiger partial charge in [-0.15, -0.1) is 0 Å². The zero-order valence-corrected chi connectivity index (χ0v) is 11.7. The summed E-state index contributed by atoms with van der Waals surface area (Å²) in [5.74, 6) is 1.49. The minimum atomic E-state index is -0.431. The van der Waals surface area contributed by atoms with Gasteiger partial charge in [-0.2, -0.15) is 4.98 Å². The molecule has 0 amide bonds. The lowest BCUT2D eigenvalue weighted by Crippen LogP contribution is -2.33. The third kappa shape index (κ3) is 2.78. The maximum atomic E-state index is 10.6. The maximum absolute atomic E-state index is 10.6. The monoisotopic (exact) mass is 288 g/mol. The maximum Gasteiger partial charge on any atom is 0.269 e. The SMILES string of the molecule is CC1CCCNC1c1nc(-c2ccc([N+](=O)[O-])cc2)no1. The summed E-state index contributed by atoms with van der Waals surface area (Å²) in [6.07, 6.45) is 2.29. The molecule has 7 heteroatoms. The summed E-state index contributed by atoms with van der Waals surface area (Å²) in [5, 5.41) is 18.0. The van der Waals surface area contributed by atoms with Gasteiger partial charge in [0.15, 0.2) is 0 Å². The summed E-state index contributed by atoms with van der Waals surface area (Å²) < 4.78 is 5.35. The standard InChI is InChI=1S/C14H16N4O3/c1-9-3-2-8-15-12(9)14-16-13(17-21-14)10-4-6-11(7-5-10)18(19)20/h4-7,9,12,15H,2-3,8H2,1H3. The third-order valence-corrected chi connectivity index (χ3v) is 3.81. The number of rotatable bonds is 3. The van der Waals surface area contributed by atoms with Crippen molar-refractivity contribution in [1.82, 2.24) is 15.5 Å². The number of nitrogens with zero attached hydrogens (tertiary/aromatic N) is 3. The van der Waals surface area contributed by atoms with Crippen LogP contribution in [0.25, 0.3) is 11.4 Å². The molecule has 1 aromatic heterocycles. The van der Waals surface area contributed by atoms with Crippen LogP contribution in [-0.2, 0) is 0 Å². The highest BCUT2D eigenvalue weighted by Crippen LogP contribution is 2.29. The Morgan fingerprint density at radius 1 is 1.38 bits per heavy atom.